The highest BCUT2D eigenvalue weighted by atomic mass is 16.6. The topological polar surface area (TPSA) is 50.4 Å². The van der Waals surface area contributed by atoms with Gasteiger partial charge in [-0.1, -0.05) is 27.7 Å². The van der Waals surface area contributed by atoms with Crippen LogP contribution < -0.4 is 10.6 Å². The second kappa shape index (κ2) is 6.27. The zero-order valence-corrected chi connectivity index (χ0v) is 16.1. The molecule has 0 aromatic rings. The Labute approximate surface area is 142 Å². The number of nitrogens with one attached hydrogen (secondary N) is 2. The van der Waals surface area contributed by atoms with Crippen molar-refractivity contribution < 1.29 is 9.53 Å². The Kier molecular flexibility index (Phi) is 5.06. The van der Waals surface area contributed by atoms with E-state index in [9.17, 15) is 4.79 Å². The zero-order valence-electron chi connectivity index (χ0n) is 16.1. The number of ether oxygens (including phenoxy) is 1. The molecule has 2 aliphatic rings. The maximum absolute atomic E-state index is 11.9. The van der Waals surface area contributed by atoms with Crippen LogP contribution in [-0.4, -0.2) is 30.3 Å². The number of alkyl carbamates (subject to hydrolysis) is 1. The first-order chi connectivity index (χ1) is 10.5. The molecule has 0 aromatic carbocycles. The molecule has 2 N–H and O–H groups in total. The molecule has 2 aliphatic carbocycles. The van der Waals surface area contributed by atoms with Gasteiger partial charge in [0.05, 0.1) is 0 Å². The first-order valence-electron chi connectivity index (χ1n) is 9.21. The molecule has 1 amide bonds. The van der Waals surface area contributed by atoms with Crippen LogP contribution in [0.3, 0.4) is 0 Å². The highest BCUT2D eigenvalue weighted by Gasteiger charge is 2.59. The predicted octanol–water partition coefficient (Wildman–Crippen LogP) is 4.09. The summed E-state index contributed by atoms with van der Waals surface area (Å²) in [5.74, 6) is 0.835. The molecule has 23 heavy (non-hydrogen) atoms. The lowest BCUT2D eigenvalue weighted by Crippen LogP contribution is -2.56. The minimum absolute atomic E-state index is 0.294. The largest absolute Gasteiger partial charge is 0.444 e. The minimum Gasteiger partial charge on any atom is -0.444 e. The summed E-state index contributed by atoms with van der Waals surface area (Å²) in [6, 6.07) is 0.821. The smallest absolute Gasteiger partial charge is 0.407 e. The number of rotatable bonds is 5. The first-order valence-corrected chi connectivity index (χ1v) is 9.21. The molecule has 2 bridgehead atoms. The van der Waals surface area contributed by atoms with Gasteiger partial charge in [-0.25, -0.2) is 4.79 Å². The Morgan fingerprint density at radius 3 is 2.43 bits per heavy atom. The van der Waals surface area contributed by atoms with Crippen molar-refractivity contribution in [2.24, 2.45) is 16.7 Å². The van der Waals surface area contributed by atoms with Crippen LogP contribution in [0.4, 0.5) is 4.79 Å². The Bertz CT molecular complexity index is 436. The van der Waals surface area contributed by atoms with E-state index in [4.69, 9.17) is 4.74 Å². The number of carbonyl (C=O) groups excluding carboxylic acids is 1. The molecule has 0 spiro atoms. The number of hydrogen-bond donors (Lipinski definition) is 2. The van der Waals surface area contributed by atoms with E-state index in [1.807, 2.05) is 20.8 Å². The van der Waals surface area contributed by atoms with E-state index in [1.54, 1.807) is 0 Å². The molecule has 0 aliphatic heterocycles. The molecule has 2 unspecified atom stereocenters. The Balaban J connectivity index is 1.91. The minimum atomic E-state index is -0.445. The lowest BCUT2D eigenvalue weighted by molar-refractivity contribution is 0.0511. The van der Waals surface area contributed by atoms with Crippen LogP contribution in [-0.2, 0) is 4.74 Å². The molecule has 2 rings (SSSR count). The molecule has 2 fully saturated rings. The van der Waals surface area contributed by atoms with Crippen LogP contribution in [0.25, 0.3) is 0 Å². The monoisotopic (exact) mass is 324 g/mol. The van der Waals surface area contributed by atoms with Gasteiger partial charge in [0.25, 0.3) is 0 Å². The van der Waals surface area contributed by atoms with Gasteiger partial charge in [-0.3, -0.25) is 0 Å². The second-order valence-electron chi connectivity index (χ2n) is 9.50. The summed E-state index contributed by atoms with van der Waals surface area (Å²) in [7, 11) is 0. The van der Waals surface area contributed by atoms with E-state index in [0.29, 0.717) is 29.5 Å². The molecule has 0 aromatic heterocycles. The normalized spacial score (nSPS) is 33.5. The van der Waals surface area contributed by atoms with Gasteiger partial charge < -0.3 is 15.4 Å². The molecule has 134 valence electrons. The third-order valence-electron chi connectivity index (χ3n) is 6.06. The summed E-state index contributed by atoms with van der Waals surface area (Å²) in [6.07, 6.45) is 4.72. The molecule has 4 nitrogen and oxygen atoms in total. The SMILES string of the molecule is CCC(CNC(=O)OC(C)(C)C)NC1C(C)(C)[C@H]2CC[C@]1(C)C2. The lowest BCUT2D eigenvalue weighted by Gasteiger charge is -2.45. The molecule has 0 heterocycles. The standard InChI is InChI=1S/C19H36N2O2/c1-8-14(12-20-16(22)23-17(2,3)4)21-15-18(5,6)13-9-10-19(15,7)11-13/h13-15,21H,8-12H2,1-7H3,(H,20,22)/t13-,14?,15?,19+/m0/s1. The summed E-state index contributed by atoms with van der Waals surface area (Å²) in [5.41, 5.74) is 0.305. The summed E-state index contributed by atoms with van der Waals surface area (Å²) < 4.78 is 5.33. The van der Waals surface area contributed by atoms with Crippen molar-refractivity contribution in [3.63, 3.8) is 0 Å². The Morgan fingerprint density at radius 2 is 1.96 bits per heavy atom. The maximum atomic E-state index is 11.9. The number of carbonyl (C=O) groups is 1. The molecule has 4 atom stereocenters. The van der Waals surface area contributed by atoms with Crippen molar-refractivity contribution in [2.45, 2.75) is 91.8 Å². The van der Waals surface area contributed by atoms with Gasteiger partial charge in [-0.2, -0.15) is 0 Å². The van der Waals surface area contributed by atoms with Crippen molar-refractivity contribution >= 4 is 6.09 Å². The molecule has 4 heteroatoms. The van der Waals surface area contributed by atoms with Crippen LogP contribution in [0.15, 0.2) is 0 Å². The number of hydrogen-bond acceptors (Lipinski definition) is 3. The van der Waals surface area contributed by atoms with Crippen molar-refractivity contribution in [1.29, 1.82) is 0 Å². The molecular weight excluding hydrogens is 288 g/mol. The fraction of sp³-hybridized carbons (Fsp3) is 0.947. The van der Waals surface area contributed by atoms with Crippen LogP contribution in [0.2, 0.25) is 0 Å². The average Bonchev–Trinajstić information content (AvgIpc) is 2.87. The summed E-state index contributed by atoms with van der Waals surface area (Å²) >= 11 is 0. The van der Waals surface area contributed by atoms with Gasteiger partial charge in [0, 0.05) is 18.6 Å². The van der Waals surface area contributed by atoms with Crippen LogP contribution in [0.5, 0.6) is 0 Å². The van der Waals surface area contributed by atoms with Crippen LogP contribution in [0.1, 0.15) is 74.1 Å². The van der Waals surface area contributed by atoms with Gasteiger partial charge in [0.1, 0.15) is 5.60 Å². The second-order valence-corrected chi connectivity index (χ2v) is 9.50. The summed E-state index contributed by atoms with van der Waals surface area (Å²) in [4.78, 5) is 11.9. The van der Waals surface area contributed by atoms with Crippen LogP contribution in [0, 0.1) is 16.7 Å². The van der Waals surface area contributed by atoms with E-state index < -0.39 is 5.60 Å². The molecule has 0 radical (unpaired) electrons. The van der Waals surface area contributed by atoms with Gasteiger partial charge in [0.2, 0.25) is 0 Å². The van der Waals surface area contributed by atoms with E-state index in [2.05, 4.69) is 38.3 Å². The van der Waals surface area contributed by atoms with Crippen molar-refractivity contribution in [1.82, 2.24) is 10.6 Å². The molecule has 0 saturated heterocycles. The number of fused-ring (bicyclic) bond motifs is 2. The van der Waals surface area contributed by atoms with Gasteiger partial charge in [0.15, 0.2) is 0 Å². The first kappa shape index (κ1) is 18.6. The van der Waals surface area contributed by atoms with E-state index in [1.165, 1.54) is 19.3 Å². The van der Waals surface area contributed by atoms with Gasteiger partial charge in [-0.05, 0) is 63.2 Å². The van der Waals surface area contributed by atoms with Crippen molar-refractivity contribution in [3.8, 4) is 0 Å². The number of amides is 1. The Morgan fingerprint density at radius 1 is 1.30 bits per heavy atom. The fourth-order valence-electron chi connectivity index (χ4n) is 4.80. The van der Waals surface area contributed by atoms with Crippen molar-refractivity contribution in [2.75, 3.05) is 6.54 Å². The average molecular weight is 325 g/mol. The van der Waals surface area contributed by atoms with E-state index in [0.717, 1.165) is 12.3 Å². The van der Waals surface area contributed by atoms with Gasteiger partial charge in [-0.15, -0.1) is 0 Å². The maximum Gasteiger partial charge on any atom is 0.407 e. The van der Waals surface area contributed by atoms with Crippen LogP contribution >= 0.6 is 0 Å². The van der Waals surface area contributed by atoms with E-state index >= 15 is 0 Å². The third-order valence-corrected chi connectivity index (χ3v) is 6.06. The highest BCUT2D eigenvalue weighted by Crippen LogP contribution is 2.62. The quantitative estimate of drug-likeness (QED) is 0.800. The van der Waals surface area contributed by atoms with E-state index in [-0.39, 0.29) is 6.09 Å². The third kappa shape index (κ3) is 4.01. The Hall–Kier alpha value is -0.770. The van der Waals surface area contributed by atoms with Gasteiger partial charge >= 0.3 is 6.09 Å². The predicted molar refractivity (Wildman–Crippen MR) is 94.5 cm³/mol. The lowest BCUT2D eigenvalue weighted by atomic mass is 9.68. The highest BCUT2D eigenvalue weighted by molar-refractivity contribution is 5.67. The fourth-order valence-corrected chi connectivity index (χ4v) is 4.80. The van der Waals surface area contributed by atoms with Crippen molar-refractivity contribution in [3.05, 3.63) is 0 Å². The summed E-state index contributed by atoms with van der Waals surface area (Å²) in [5, 5.41) is 6.80. The summed E-state index contributed by atoms with van der Waals surface area (Å²) in [6.45, 7) is 15.7. The zero-order chi connectivity index (χ0) is 17.5. The molecule has 2 saturated carbocycles. The molecular formula is C19H36N2O2.